The SMILES string of the molecule is CCCNC/C=C/c1ccc(Br)c2cccnc12. The van der Waals surface area contributed by atoms with Crippen LogP contribution in [0.2, 0.25) is 0 Å². The summed E-state index contributed by atoms with van der Waals surface area (Å²) in [6.45, 7) is 4.13. The Morgan fingerprint density at radius 2 is 2.22 bits per heavy atom. The Bertz CT molecular complexity index is 549. The minimum atomic E-state index is 0.901. The number of fused-ring (bicyclic) bond motifs is 1. The van der Waals surface area contributed by atoms with Crippen molar-refractivity contribution in [1.29, 1.82) is 0 Å². The summed E-state index contributed by atoms with van der Waals surface area (Å²) in [6, 6.07) is 8.21. The van der Waals surface area contributed by atoms with E-state index in [4.69, 9.17) is 0 Å². The molecule has 0 unspecified atom stereocenters. The van der Waals surface area contributed by atoms with Crippen molar-refractivity contribution in [2.45, 2.75) is 13.3 Å². The first-order valence-electron chi connectivity index (χ1n) is 6.23. The van der Waals surface area contributed by atoms with Gasteiger partial charge < -0.3 is 5.32 Å². The van der Waals surface area contributed by atoms with Gasteiger partial charge in [0.15, 0.2) is 0 Å². The summed E-state index contributed by atoms with van der Waals surface area (Å²) in [5.74, 6) is 0. The van der Waals surface area contributed by atoms with Gasteiger partial charge in [-0.3, -0.25) is 4.98 Å². The number of hydrogen-bond acceptors (Lipinski definition) is 2. The maximum Gasteiger partial charge on any atom is 0.0785 e. The van der Waals surface area contributed by atoms with E-state index in [-0.39, 0.29) is 0 Å². The van der Waals surface area contributed by atoms with Gasteiger partial charge in [-0.05, 0) is 25.1 Å². The van der Waals surface area contributed by atoms with Gasteiger partial charge in [0.05, 0.1) is 5.52 Å². The molecule has 0 aliphatic rings. The molecular formula is C15H17BrN2. The average Bonchev–Trinajstić information content (AvgIpc) is 2.41. The molecule has 1 aromatic carbocycles. The Hall–Kier alpha value is -1.19. The third kappa shape index (κ3) is 3.18. The summed E-state index contributed by atoms with van der Waals surface area (Å²) < 4.78 is 1.09. The van der Waals surface area contributed by atoms with Crippen LogP contribution in [0.5, 0.6) is 0 Å². The van der Waals surface area contributed by atoms with Crippen LogP contribution in [-0.2, 0) is 0 Å². The lowest BCUT2D eigenvalue weighted by molar-refractivity contribution is 0.730. The average molecular weight is 305 g/mol. The molecule has 2 aromatic rings. The Balaban J connectivity index is 2.21. The monoisotopic (exact) mass is 304 g/mol. The number of nitrogens with one attached hydrogen (secondary N) is 1. The van der Waals surface area contributed by atoms with Crippen LogP contribution in [-0.4, -0.2) is 18.1 Å². The van der Waals surface area contributed by atoms with E-state index in [1.807, 2.05) is 12.3 Å². The normalized spacial score (nSPS) is 11.4. The predicted octanol–water partition coefficient (Wildman–Crippen LogP) is 4.01. The molecule has 0 amide bonds. The number of nitrogens with zero attached hydrogens (tertiary/aromatic N) is 1. The lowest BCUT2D eigenvalue weighted by Crippen LogP contribution is -2.13. The smallest absolute Gasteiger partial charge is 0.0785 e. The second-order valence-corrected chi connectivity index (χ2v) is 5.00. The van der Waals surface area contributed by atoms with Gasteiger partial charge >= 0.3 is 0 Å². The van der Waals surface area contributed by atoms with Crippen LogP contribution in [0, 0.1) is 0 Å². The number of rotatable bonds is 5. The van der Waals surface area contributed by atoms with E-state index in [0.717, 1.165) is 40.4 Å². The maximum absolute atomic E-state index is 4.46. The molecule has 0 fully saturated rings. The molecule has 3 heteroatoms. The van der Waals surface area contributed by atoms with E-state index in [9.17, 15) is 0 Å². The highest BCUT2D eigenvalue weighted by molar-refractivity contribution is 9.10. The summed E-state index contributed by atoms with van der Waals surface area (Å²) in [6.07, 6.45) is 7.27. The lowest BCUT2D eigenvalue weighted by atomic mass is 10.1. The van der Waals surface area contributed by atoms with Crippen LogP contribution in [0.15, 0.2) is 41.0 Å². The number of aromatic nitrogens is 1. The number of benzene rings is 1. The summed E-state index contributed by atoms with van der Waals surface area (Å²) in [4.78, 5) is 4.46. The van der Waals surface area contributed by atoms with Crippen LogP contribution in [0.4, 0.5) is 0 Å². The minimum absolute atomic E-state index is 0.901. The van der Waals surface area contributed by atoms with E-state index in [1.165, 1.54) is 0 Å². The van der Waals surface area contributed by atoms with Gasteiger partial charge in [0, 0.05) is 28.2 Å². The molecule has 18 heavy (non-hydrogen) atoms. The molecule has 0 spiro atoms. The first-order chi connectivity index (χ1) is 8.83. The zero-order valence-electron chi connectivity index (χ0n) is 10.5. The zero-order chi connectivity index (χ0) is 12.8. The molecule has 0 saturated carbocycles. The quantitative estimate of drug-likeness (QED) is 0.844. The van der Waals surface area contributed by atoms with Crippen molar-refractivity contribution in [2.75, 3.05) is 13.1 Å². The third-order valence-electron chi connectivity index (χ3n) is 2.73. The van der Waals surface area contributed by atoms with Crippen LogP contribution in [0.3, 0.4) is 0 Å². The Labute approximate surface area is 116 Å². The summed E-state index contributed by atoms with van der Waals surface area (Å²) in [5, 5.41) is 4.50. The number of hydrogen-bond donors (Lipinski definition) is 1. The second-order valence-electron chi connectivity index (χ2n) is 4.14. The fourth-order valence-corrected chi connectivity index (χ4v) is 2.29. The van der Waals surface area contributed by atoms with Crippen LogP contribution in [0.25, 0.3) is 17.0 Å². The van der Waals surface area contributed by atoms with Crippen molar-refractivity contribution in [3.05, 3.63) is 46.6 Å². The van der Waals surface area contributed by atoms with Gasteiger partial charge in [-0.25, -0.2) is 0 Å². The largest absolute Gasteiger partial charge is 0.313 e. The van der Waals surface area contributed by atoms with E-state index >= 15 is 0 Å². The maximum atomic E-state index is 4.46. The molecule has 1 aromatic heterocycles. The van der Waals surface area contributed by atoms with Gasteiger partial charge in [-0.15, -0.1) is 0 Å². The third-order valence-corrected chi connectivity index (χ3v) is 3.43. The molecule has 0 saturated heterocycles. The van der Waals surface area contributed by atoms with E-state index in [1.54, 1.807) is 0 Å². The summed E-state index contributed by atoms with van der Waals surface area (Å²) in [5.41, 5.74) is 2.20. The van der Waals surface area contributed by atoms with E-state index in [2.05, 4.69) is 63.5 Å². The topological polar surface area (TPSA) is 24.9 Å². The van der Waals surface area contributed by atoms with E-state index in [0.29, 0.717) is 0 Å². The fourth-order valence-electron chi connectivity index (χ4n) is 1.84. The molecule has 0 aliphatic carbocycles. The second kappa shape index (κ2) is 6.66. The molecule has 1 heterocycles. The molecule has 0 bridgehead atoms. The van der Waals surface area contributed by atoms with Gasteiger partial charge in [0.2, 0.25) is 0 Å². The van der Waals surface area contributed by atoms with Crippen molar-refractivity contribution >= 4 is 32.9 Å². The molecule has 2 nitrogen and oxygen atoms in total. The minimum Gasteiger partial charge on any atom is -0.313 e. The van der Waals surface area contributed by atoms with Gasteiger partial charge in [0.1, 0.15) is 0 Å². The highest BCUT2D eigenvalue weighted by Crippen LogP contribution is 2.25. The van der Waals surface area contributed by atoms with Crippen molar-refractivity contribution < 1.29 is 0 Å². The Kier molecular flexibility index (Phi) is 4.90. The van der Waals surface area contributed by atoms with Crippen LogP contribution >= 0.6 is 15.9 Å². The van der Waals surface area contributed by atoms with Crippen LogP contribution < -0.4 is 5.32 Å². The zero-order valence-corrected chi connectivity index (χ0v) is 12.1. The fraction of sp³-hybridized carbons (Fsp3) is 0.267. The number of halogens is 1. The molecule has 94 valence electrons. The standard InChI is InChI=1S/C15H17BrN2/c1-2-9-17-10-3-5-12-7-8-14(16)13-6-4-11-18-15(12)13/h3-8,11,17H,2,9-10H2,1H3/b5-3+. The number of pyridine rings is 1. The summed E-state index contributed by atoms with van der Waals surface area (Å²) >= 11 is 3.56. The molecule has 0 atom stereocenters. The first kappa shape index (κ1) is 13.2. The highest BCUT2D eigenvalue weighted by Gasteiger charge is 2.02. The summed E-state index contributed by atoms with van der Waals surface area (Å²) in [7, 11) is 0. The van der Waals surface area contributed by atoms with Gasteiger partial charge in [0.25, 0.3) is 0 Å². The van der Waals surface area contributed by atoms with E-state index < -0.39 is 0 Å². The lowest BCUT2D eigenvalue weighted by Gasteiger charge is -2.03. The molecule has 1 N–H and O–H groups in total. The highest BCUT2D eigenvalue weighted by atomic mass is 79.9. The van der Waals surface area contributed by atoms with Gasteiger partial charge in [-0.2, -0.15) is 0 Å². The van der Waals surface area contributed by atoms with Crippen molar-refractivity contribution in [1.82, 2.24) is 10.3 Å². The Morgan fingerprint density at radius 1 is 1.33 bits per heavy atom. The van der Waals surface area contributed by atoms with Crippen molar-refractivity contribution in [3.8, 4) is 0 Å². The van der Waals surface area contributed by atoms with Crippen molar-refractivity contribution in [2.24, 2.45) is 0 Å². The molecule has 0 aliphatic heterocycles. The molecule has 0 radical (unpaired) electrons. The Morgan fingerprint density at radius 3 is 3.06 bits per heavy atom. The molecular weight excluding hydrogens is 288 g/mol. The van der Waals surface area contributed by atoms with Crippen LogP contribution in [0.1, 0.15) is 18.9 Å². The molecule has 2 rings (SSSR count). The van der Waals surface area contributed by atoms with Gasteiger partial charge in [-0.1, -0.05) is 47.1 Å². The van der Waals surface area contributed by atoms with Crippen molar-refractivity contribution in [3.63, 3.8) is 0 Å². The predicted molar refractivity (Wildman–Crippen MR) is 81.6 cm³/mol. The first-order valence-corrected chi connectivity index (χ1v) is 7.02.